The van der Waals surface area contributed by atoms with Crippen LogP contribution in [0.25, 0.3) is 0 Å². The maximum Gasteiger partial charge on any atom is 0.240 e. The van der Waals surface area contributed by atoms with Gasteiger partial charge in [-0.1, -0.05) is 6.92 Å². The van der Waals surface area contributed by atoms with E-state index < -0.39 is 0 Å². The lowest BCUT2D eigenvalue weighted by Crippen LogP contribution is -2.39. The van der Waals surface area contributed by atoms with E-state index in [-0.39, 0.29) is 11.9 Å². The van der Waals surface area contributed by atoms with Gasteiger partial charge in [0.05, 0.1) is 0 Å². The Bertz CT molecular complexity index is 397. The fourth-order valence-corrected chi connectivity index (χ4v) is 3.45. The molecule has 0 aliphatic carbocycles. The second-order valence-electron chi connectivity index (χ2n) is 4.60. The average molecular weight is 267 g/mol. The van der Waals surface area contributed by atoms with Crippen molar-refractivity contribution in [3.63, 3.8) is 0 Å². The lowest BCUT2D eigenvalue weighted by molar-refractivity contribution is -0.123. The number of hydrogen-bond donors (Lipinski definition) is 2. The molecule has 0 aromatic carbocycles. The number of primary amides is 1. The molecule has 18 heavy (non-hydrogen) atoms. The quantitative estimate of drug-likeness (QED) is 0.860. The molecule has 2 heterocycles. The predicted octanol–water partition coefficient (Wildman–Crippen LogP) is 1.13. The van der Waals surface area contributed by atoms with Crippen LogP contribution >= 0.6 is 11.3 Å². The van der Waals surface area contributed by atoms with E-state index in [2.05, 4.69) is 29.3 Å². The predicted molar refractivity (Wildman–Crippen MR) is 74.7 cm³/mol. The van der Waals surface area contributed by atoms with Gasteiger partial charge in [-0.15, -0.1) is 11.3 Å². The lowest BCUT2D eigenvalue weighted by Gasteiger charge is -2.27. The van der Waals surface area contributed by atoms with Crippen LogP contribution in [0.15, 0.2) is 12.1 Å². The van der Waals surface area contributed by atoms with Crippen LogP contribution in [0.2, 0.25) is 0 Å². The molecular weight excluding hydrogens is 246 g/mol. The number of rotatable bonds is 4. The zero-order valence-electron chi connectivity index (χ0n) is 10.8. The van der Waals surface area contributed by atoms with Gasteiger partial charge < -0.3 is 11.1 Å². The van der Waals surface area contributed by atoms with E-state index in [1.54, 1.807) is 11.3 Å². The van der Waals surface area contributed by atoms with E-state index in [1.165, 1.54) is 4.88 Å². The molecule has 1 aromatic heterocycles. The number of carbonyl (C=O) groups is 1. The first-order chi connectivity index (χ1) is 8.72. The van der Waals surface area contributed by atoms with Crippen LogP contribution in [0.4, 0.5) is 0 Å². The Morgan fingerprint density at radius 3 is 3.00 bits per heavy atom. The van der Waals surface area contributed by atoms with E-state index in [1.807, 2.05) is 0 Å². The van der Waals surface area contributed by atoms with Crippen LogP contribution in [-0.4, -0.2) is 37.0 Å². The molecule has 5 heteroatoms. The number of nitrogens with one attached hydrogen (secondary N) is 1. The number of nitrogens with zero attached hydrogens (tertiary/aromatic N) is 1. The van der Waals surface area contributed by atoms with E-state index in [9.17, 15) is 4.79 Å². The summed E-state index contributed by atoms with van der Waals surface area (Å²) in [5.74, 6) is -0.235. The number of thiophene rings is 1. The van der Waals surface area contributed by atoms with Crippen molar-refractivity contribution >= 4 is 17.2 Å². The number of nitrogens with two attached hydrogens (primary N) is 1. The molecule has 0 bridgehead atoms. The molecule has 2 rings (SSSR count). The van der Waals surface area contributed by atoms with E-state index in [0.717, 1.165) is 43.9 Å². The Labute approximate surface area is 112 Å². The van der Waals surface area contributed by atoms with Gasteiger partial charge in [-0.2, -0.15) is 0 Å². The van der Waals surface area contributed by atoms with Crippen molar-refractivity contribution in [2.45, 2.75) is 25.8 Å². The van der Waals surface area contributed by atoms with Gasteiger partial charge in [0, 0.05) is 29.4 Å². The highest BCUT2D eigenvalue weighted by Gasteiger charge is 2.27. The van der Waals surface area contributed by atoms with Gasteiger partial charge in [0.25, 0.3) is 0 Å². The monoisotopic (exact) mass is 267 g/mol. The van der Waals surface area contributed by atoms with Crippen molar-refractivity contribution in [3.05, 3.63) is 21.9 Å². The van der Waals surface area contributed by atoms with Crippen molar-refractivity contribution in [1.29, 1.82) is 0 Å². The summed E-state index contributed by atoms with van der Waals surface area (Å²) in [6, 6.07) is 3.90. The number of hydrogen-bond acceptors (Lipinski definition) is 4. The standard InChI is InChI=1S/C13H21N3OS/c1-2-10-4-5-11(18-10)12(13(14)17)16-8-3-6-15-7-9-16/h4-5,12,15H,2-3,6-9H2,1H3,(H2,14,17). The summed E-state index contributed by atoms with van der Waals surface area (Å²) >= 11 is 1.71. The maximum atomic E-state index is 11.8. The summed E-state index contributed by atoms with van der Waals surface area (Å²) in [7, 11) is 0. The van der Waals surface area contributed by atoms with Crippen molar-refractivity contribution < 1.29 is 4.79 Å². The van der Waals surface area contributed by atoms with E-state index >= 15 is 0 Å². The molecule has 1 aliphatic rings. The molecular formula is C13H21N3OS. The normalized spacial score (nSPS) is 19.4. The number of amides is 1. The molecule has 0 spiro atoms. The topological polar surface area (TPSA) is 58.4 Å². The first-order valence-corrected chi connectivity index (χ1v) is 7.36. The van der Waals surface area contributed by atoms with Gasteiger partial charge in [-0.25, -0.2) is 0 Å². The van der Waals surface area contributed by atoms with Gasteiger partial charge in [0.15, 0.2) is 0 Å². The Hall–Kier alpha value is -0.910. The Morgan fingerprint density at radius 2 is 2.33 bits per heavy atom. The van der Waals surface area contributed by atoms with E-state index in [0.29, 0.717) is 0 Å². The summed E-state index contributed by atoms with van der Waals surface area (Å²) in [6.07, 6.45) is 2.08. The van der Waals surface area contributed by atoms with Crippen LogP contribution in [0.1, 0.15) is 29.1 Å². The molecule has 1 fully saturated rings. The molecule has 4 nitrogen and oxygen atoms in total. The zero-order chi connectivity index (χ0) is 13.0. The van der Waals surface area contributed by atoms with Crippen molar-refractivity contribution in [1.82, 2.24) is 10.2 Å². The second-order valence-corrected chi connectivity index (χ2v) is 5.80. The number of carbonyl (C=O) groups excluding carboxylic acids is 1. The largest absolute Gasteiger partial charge is 0.368 e. The molecule has 1 aliphatic heterocycles. The molecule has 0 saturated carbocycles. The molecule has 1 aromatic rings. The van der Waals surface area contributed by atoms with Crippen molar-refractivity contribution in [2.24, 2.45) is 5.73 Å². The third-order valence-corrected chi connectivity index (χ3v) is 4.59. The Balaban J connectivity index is 2.18. The molecule has 1 atom stereocenters. The lowest BCUT2D eigenvalue weighted by atomic mass is 10.2. The molecule has 1 amide bonds. The van der Waals surface area contributed by atoms with Gasteiger partial charge in [0.1, 0.15) is 6.04 Å². The summed E-state index contributed by atoms with van der Waals surface area (Å²) in [5, 5.41) is 3.35. The third kappa shape index (κ3) is 3.10. The molecule has 3 N–H and O–H groups in total. The summed E-state index contributed by atoms with van der Waals surface area (Å²) < 4.78 is 0. The van der Waals surface area contributed by atoms with E-state index in [4.69, 9.17) is 5.73 Å². The van der Waals surface area contributed by atoms with Crippen LogP contribution in [0.5, 0.6) is 0 Å². The van der Waals surface area contributed by atoms with Crippen molar-refractivity contribution in [2.75, 3.05) is 26.2 Å². The summed E-state index contributed by atoms with van der Waals surface area (Å²) in [5.41, 5.74) is 5.61. The Morgan fingerprint density at radius 1 is 1.50 bits per heavy atom. The van der Waals surface area contributed by atoms with Gasteiger partial charge in [-0.3, -0.25) is 9.69 Å². The molecule has 1 saturated heterocycles. The van der Waals surface area contributed by atoms with Gasteiger partial charge >= 0.3 is 0 Å². The average Bonchev–Trinajstić information content (AvgIpc) is 2.65. The molecule has 1 unspecified atom stereocenters. The first-order valence-electron chi connectivity index (χ1n) is 6.55. The second kappa shape index (κ2) is 6.31. The van der Waals surface area contributed by atoms with Crippen LogP contribution in [-0.2, 0) is 11.2 Å². The smallest absolute Gasteiger partial charge is 0.240 e. The molecule has 0 radical (unpaired) electrons. The fraction of sp³-hybridized carbons (Fsp3) is 0.615. The summed E-state index contributed by atoms with van der Waals surface area (Å²) in [4.78, 5) is 16.4. The fourth-order valence-electron chi connectivity index (χ4n) is 2.36. The van der Waals surface area contributed by atoms with Crippen LogP contribution in [0, 0.1) is 0 Å². The van der Waals surface area contributed by atoms with Gasteiger partial charge in [-0.05, 0) is 31.5 Å². The zero-order valence-corrected chi connectivity index (χ0v) is 11.6. The Kier molecular flexibility index (Phi) is 4.74. The molecule has 100 valence electrons. The maximum absolute atomic E-state index is 11.8. The van der Waals surface area contributed by atoms with Crippen molar-refractivity contribution in [3.8, 4) is 0 Å². The minimum absolute atomic E-state index is 0.235. The minimum atomic E-state index is -0.254. The third-order valence-electron chi connectivity index (χ3n) is 3.31. The highest BCUT2D eigenvalue weighted by molar-refractivity contribution is 7.12. The number of aryl methyl sites for hydroxylation is 1. The summed E-state index contributed by atoms with van der Waals surface area (Å²) in [6.45, 7) is 5.89. The van der Waals surface area contributed by atoms with Crippen LogP contribution < -0.4 is 11.1 Å². The highest BCUT2D eigenvalue weighted by atomic mass is 32.1. The highest BCUT2D eigenvalue weighted by Crippen LogP contribution is 2.28. The van der Waals surface area contributed by atoms with Crippen LogP contribution in [0.3, 0.4) is 0 Å². The minimum Gasteiger partial charge on any atom is -0.368 e. The first kappa shape index (κ1) is 13.5. The van der Waals surface area contributed by atoms with Gasteiger partial charge in [0.2, 0.25) is 5.91 Å². The SMILES string of the molecule is CCc1ccc(C(C(N)=O)N2CCCNCC2)s1.